The van der Waals surface area contributed by atoms with E-state index < -0.39 is 57.2 Å². The highest BCUT2D eigenvalue weighted by atomic mass is 32.2. The summed E-state index contributed by atoms with van der Waals surface area (Å²) in [6.45, 7) is 4.21. The molecule has 1 amide bonds. The lowest BCUT2D eigenvalue weighted by molar-refractivity contribution is -0.154. The van der Waals surface area contributed by atoms with Crippen molar-refractivity contribution in [1.29, 1.82) is 0 Å². The number of esters is 1. The molecule has 1 rings (SSSR count). The van der Waals surface area contributed by atoms with Crippen LogP contribution < -0.4 is 10.0 Å². The molecule has 2 N–H and O–H groups in total. The van der Waals surface area contributed by atoms with Crippen molar-refractivity contribution in [3.8, 4) is 0 Å². The number of unbranched alkanes of at least 4 members (excludes halogenated alkanes) is 1. The highest BCUT2D eigenvalue weighted by molar-refractivity contribution is 7.89. The first-order chi connectivity index (χ1) is 12.5. The van der Waals surface area contributed by atoms with Gasteiger partial charge >= 0.3 is 5.97 Å². The number of hydrogen-bond acceptors (Lipinski definition) is 5. The van der Waals surface area contributed by atoms with Crippen LogP contribution in [0.3, 0.4) is 0 Å². The third kappa shape index (κ3) is 6.83. The molecule has 11 heteroatoms. The predicted molar refractivity (Wildman–Crippen MR) is 91.8 cm³/mol. The number of benzene rings is 1. The highest BCUT2D eigenvalue weighted by Gasteiger charge is 2.26. The average Bonchev–Trinajstić information content (AvgIpc) is 2.59. The molecule has 152 valence electrons. The zero-order chi connectivity index (χ0) is 20.8. The third-order valence-electron chi connectivity index (χ3n) is 3.43. The van der Waals surface area contributed by atoms with E-state index in [1.807, 2.05) is 12.2 Å². The lowest BCUT2D eigenvalue weighted by Crippen LogP contribution is -2.43. The molecule has 0 unspecified atom stereocenters. The molecule has 2 atom stereocenters. The summed E-state index contributed by atoms with van der Waals surface area (Å²) >= 11 is 0. The van der Waals surface area contributed by atoms with Crippen LogP contribution >= 0.6 is 0 Å². The quantitative estimate of drug-likeness (QED) is 0.480. The summed E-state index contributed by atoms with van der Waals surface area (Å²) in [7, 11) is -3.69. The maximum absolute atomic E-state index is 13.6. The van der Waals surface area contributed by atoms with Gasteiger partial charge in [-0.3, -0.25) is 9.59 Å². The van der Waals surface area contributed by atoms with E-state index in [9.17, 15) is 31.2 Å². The van der Waals surface area contributed by atoms with Crippen molar-refractivity contribution in [3.63, 3.8) is 0 Å². The van der Waals surface area contributed by atoms with Crippen LogP contribution in [0.15, 0.2) is 12.1 Å². The maximum atomic E-state index is 13.6. The minimum absolute atomic E-state index is 0.160. The Morgan fingerprint density at radius 3 is 2.37 bits per heavy atom. The average molecular weight is 410 g/mol. The second-order valence-electron chi connectivity index (χ2n) is 5.80. The largest absolute Gasteiger partial charge is 0.451 e. The van der Waals surface area contributed by atoms with Crippen LogP contribution in [0.2, 0.25) is 0 Å². The molecule has 0 spiro atoms. The Bertz CT molecular complexity index is 801. The van der Waals surface area contributed by atoms with Gasteiger partial charge in [0.1, 0.15) is 6.04 Å². The lowest BCUT2D eigenvalue weighted by Gasteiger charge is -2.18. The SMILES string of the molecule is CCCCS(=O)(=O)N[C@@H](C)C(=O)O[C@@H](C)C(=O)Nc1ccc(F)c(F)c1F. The normalized spacial score (nSPS) is 13.7. The van der Waals surface area contributed by atoms with Crippen LogP contribution in [0.25, 0.3) is 0 Å². The molecule has 27 heavy (non-hydrogen) atoms. The molecule has 0 aliphatic rings. The number of anilines is 1. The van der Waals surface area contributed by atoms with Crippen molar-refractivity contribution in [2.75, 3.05) is 11.1 Å². The molecule has 0 saturated carbocycles. The van der Waals surface area contributed by atoms with E-state index in [0.29, 0.717) is 18.9 Å². The first kappa shape index (κ1) is 22.9. The van der Waals surface area contributed by atoms with E-state index in [2.05, 4.69) is 4.72 Å². The zero-order valence-corrected chi connectivity index (χ0v) is 15.8. The number of carbonyl (C=O) groups excluding carboxylic acids is 2. The lowest BCUT2D eigenvalue weighted by atomic mass is 10.2. The van der Waals surface area contributed by atoms with Crippen molar-refractivity contribution in [3.05, 3.63) is 29.6 Å². The summed E-state index contributed by atoms with van der Waals surface area (Å²) in [5.41, 5.74) is -0.630. The summed E-state index contributed by atoms with van der Waals surface area (Å²) < 4.78 is 70.0. The van der Waals surface area contributed by atoms with E-state index >= 15 is 0 Å². The molecular formula is C16H21F3N2O5S. The van der Waals surface area contributed by atoms with Crippen molar-refractivity contribution in [1.82, 2.24) is 4.72 Å². The Morgan fingerprint density at radius 2 is 1.78 bits per heavy atom. The summed E-state index contributed by atoms with van der Waals surface area (Å²) in [6.07, 6.45) is -0.375. The number of ether oxygens (including phenoxy) is 1. The van der Waals surface area contributed by atoms with Crippen molar-refractivity contribution in [2.24, 2.45) is 0 Å². The molecule has 0 aliphatic carbocycles. The molecule has 0 aliphatic heterocycles. The van der Waals surface area contributed by atoms with Gasteiger partial charge in [-0.1, -0.05) is 13.3 Å². The number of amides is 1. The fourth-order valence-corrected chi connectivity index (χ4v) is 3.32. The Labute approximate surface area is 155 Å². The number of carbonyl (C=O) groups is 2. The summed E-state index contributed by atoms with van der Waals surface area (Å²) in [5, 5.41) is 1.96. The van der Waals surface area contributed by atoms with E-state index in [1.54, 1.807) is 0 Å². The Kier molecular flexibility index (Phi) is 8.22. The van der Waals surface area contributed by atoms with Gasteiger partial charge in [0, 0.05) is 0 Å². The van der Waals surface area contributed by atoms with Crippen LogP contribution in [-0.2, 0) is 24.3 Å². The molecular weight excluding hydrogens is 389 g/mol. The van der Waals surface area contributed by atoms with Crippen molar-refractivity contribution >= 4 is 27.6 Å². The van der Waals surface area contributed by atoms with Gasteiger partial charge in [0.05, 0.1) is 11.4 Å². The minimum atomic E-state index is -3.69. The zero-order valence-electron chi connectivity index (χ0n) is 15.0. The highest BCUT2D eigenvalue weighted by Crippen LogP contribution is 2.20. The van der Waals surface area contributed by atoms with Crippen LogP contribution in [0, 0.1) is 17.5 Å². The van der Waals surface area contributed by atoms with E-state index in [1.165, 1.54) is 6.92 Å². The van der Waals surface area contributed by atoms with Gasteiger partial charge in [-0.2, -0.15) is 0 Å². The minimum Gasteiger partial charge on any atom is -0.451 e. The standard InChI is InChI=1S/C16H21F3N2O5S/c1-4-5-8-27(24,25)21-9(2)16(23)26-10(3)15(22)20-12-7-6-11(17)13(18)14(12)19/h6-7,9-10,21H,4-5,8H2,1-3H3,(H,20,22)/t9-,10-/m0/s1. The number of nitrogens with one attached hydrogen (secondary N) is 2. The summed E-state index contributed by atoms with van der Waals surface area (Å²) in [4.78, 5) is 23.9. The molecule has 0 heterocycles. The van der Waals surface area contributed by atoms with Gasteiger partial charge in [-0.25, -0.2) is 26.3 Å². The number of halogens is 3. The topological polar surface area (TPSA) is 102 Å². The molecule has 1 aromatic rings. The molecule has 7 nitrogen and oxygen atoms in total. The Hall–Kier alpha value is -2.14. The molecule has 1 aromatic carbocycles. The van der Waals surface area contributed by atoms with Gasteiger partial charge in [-0.15, -0.1) is 0 Å². The van der Waals surface area contributed by atoms with Crippen molar-refractivity contribution < 1.29 is 35.9 Å². The van der Waals surface area contributed by atoms with E-state index in [0.717, 1.165) is 13.0 Å². The third-order valence-corrected chi connectivity index (χ3v) is 4.97. The fourth-order valence-electron chi connectivity index (χ4n) is 1.90. The van der Waals surface area contributed by atoms with Gasteiger partial charge in [0.15, 0.2) is 23.6 Å². The van der Waals surface area contributed by atoms with Crippen LogP contribution in [0.5, 0.6) is 0 Å². The second-order valence-corrected chi connectivity index (χ2v) is 7.68. The first-order valence-electron chi connectivity index (χ1n) is 8.13. The monoisotopic (exact) mass is 410 g/mol. The number of sulfonamides is 1. The smallest absolute Gasteiger partial charge is 0.324 e. The first-order valence-corrected chi connectivity index (χ1v) is 9.78. The van der Waals surface area contributed by atoms with Crippen LogP contribution in [-0.4, -0.2) is 38.2 Å². The molecule has 0 bridgehead atoms. The predicted octanol–water partition coefficient (Wildman–Crippen LogP) is 2.08. The maximum Gasteiger partial charge on any atom is 0.324 e. The van der Waals surface area contributed by atoms with Crippen LogP contribution in [0.1, 0.15) is 33.6 Å². The van der Waals surface area contributed by atoms with Crippen LogP contribution in [0.4, 0.5) is 18.9 Å². The molecule has 0 radical (unpaired) electrons. The van der Waals surface area contributed by atoms with Gasteiger partial charge in [0.25, 0.3) is 5.91 Å². The summed E-state index contributed by atoms with van der Waals surface area (Å²) in [6, 6.07) is 0.185. The second kappa shape index (κ2) is 9.70. The number of hydrogen-bond donors (Lipinski definition) is 2. The van der Waals surface area contributed by atoms with Gasteiger partial charge in [-0.05, 0) is 32.4 Å². The summed E-state index contributed by atoms with van der Waals surface area (Å²) in [5.74, 6) is -6.97. The Balaban J connectivity index is 2.67. The number of rotatable bonds is 9. The fraction of sp³-hybridized carbons (Fsp3) is 0.500. The van der Waals surface area contributed by atoms with Gasteiger partial charge in [0.2, 0.25) is 10.0 Å². The van der Waals surface area contributed by atoms with Crippen molar-refractivity contribution in [2.45, 2.75) is 45.8 Å². The molecule has 0 saturated heterocycles. The Morgan fingerprint density at radius 1 is 1.15 bits per heavy atom. The van der Waals surface area contributed by atoms with Gasteiger partial charge < -0.3 is 10.1 Å². The molecule has 0 aromatic heterocycles. The molecule has 0 fully saturated rings. The van der Waals surface area contributed by atoms with E-state index in [-0.39, 0.29) is 5.75 Å². The van der Waals surface area contributed by atoms with E-state index in [4.69, 9.17) is 4.74 Å².